The van der Waals surface area contributed by atoms with E-state index >= 15 is 0 Å². The van der Waals surface area contributed by atoms with Gasteiger partial charge in [0, 0.05) is 17.1 Å². The number of aryl methyl sites for hydroxylation is 1. The summed E-state index contributed by atoms with van der Waals surface area (Å²) in [6.45, 7) is 6.27. The van der Waals surface area contributed by atoms with E-state index in [-0.39, 0.29) is 24.0 Å². The average molecular weight is 414 g/mol. The molecule has 1 unspecified atom stereocenters. The minimum Gasteiger partial charge on any atom is -0.507 e. The van der Waals surface area contributed by atoms with Crippen molar-refractivity contribution < 1.29 is 19.4 Å². The predicted octanol–water partition coefficient (Wildman–Crippen LogP) is 4.50. The summed E-state index contributed by atoms with van der Waals surface area (Å²) in [5.41, 5.74) is 2.18. The van der Waals surface area contributed by atoms with E-state index in [1.165, 1.54) is 4.90 Å². The van der Waals surface area contributed by atoms with Crippen LogP contribution in [0, 0.1) is 6.92 Å². The number of carbonyl (C=O) groups is 2. The zero-order chi connectivity index (χ0) is 21.1. The number of aliphatic hydroxyl groups excluding tert-OH is 1. The van der Waals surface area contributed by atoms with Crippen LogP contribution < -0.4 is 0 Å². The molecule has 0 radical (unpaired) electrons. The molecule has 152 valence electrons. The van der Waals surface area contributed by atoms with Crippen molar-refractivity contribution >= 4 is 29.1 Å². The molecule has 1 amide bonds. The van der Waals surface area contributed by atoms with Crippen LogP contribution in [-0.4, -0.2) is 41.0 Å². The first-order valence-electron chi connectivity index (χ1n) is 9.52. The number of rotatable bonds is 6. The lowest BCUT2D eigenvalue weighted by Crippen LogP contribution is -2.33. The number of nitrogens with zero attached hydrogens (tertiary/aromatic N) is 1. The molecule has 6 heteroatoms. The van der Waals surface area contributed by atoms with Gasteiger partial charge in [-0.3, -0.25) is 9.59 Å². The van der Waals surface area contributed by atoms with Gasteiger partial charge in [0.15, 0.2) is 0 Å². The SMILES string of the molecule is Cc1ccccc1C1/C(=C(\O)c2cccc(Cl)c2)C(=O)C(=O)N1CCOC(C)C. The van der Waals surface area contributed by atoms with Crippen LogP contribution in [0.1, 0.15) is 36.6 Å². The number of halogens is 1. The topological polar surface area (TPSA) is 66.8 Å². The Balaban J connectivity index is 2.12. The molecule has 0 saturated carbocycles. The molecule has 0 bridgehead atoms. The Morgan fingerprint density at radius 3 is 2.55 bits per heavy atom. The molecular formula is C23H24ClNO4. The maximum absolute atomic E-state index is 12.9. The number of hydrogen-bond acceptors (Lipinski definition) is 4. The quantitative estimate of drug-likeness (QED) is 0.430. The maximum Gasteiger partial charge on any atom is 0.295 e. The number of Topliss-reactive ketones (excluding diaryl/α,β-unsaturated/α-hetero) is 1. The second-order valence-electron chi connectivity index (χ2n) is 7.28. The van der Waals surface area contributed by atoms with E-state index in [9.17, 15) is 14.7 Å². The van der Waals surface area contributed by atoms with E-state index in [1.807, 2.05) is 45.0 Å². The van der Waals surface area contributed by atoms with Crippen LogP contribution in [-0.2, 0) is 14.3 Å². The first-order valence-corrected chi connectivity index (χ1v) is 9.90. The van der Waals surface area contributed by atoms with Gasteiger partial charge in [0.05, 0.1) is 24.3 Å². The number of aliphatic hydroxyl groups is 1. The van der Waals surface area contributed by atoms with Crippen LogP contribution in [0.25, 0.3) is 5.76 Å². The van der Waals surface area contributed by atoms with Crippen LogP contribution in [0.5, 0.6) is 0 Å². The van der Waals surface area contributed by atoms with Gasteiger partial charge in [0.2, 0.25) is 0 Å². The van der Waals surface area contributed by atoms with Gasteiger partial charge in [-0.25, -0.2) is 0 Å². The normalized spacial score (nSPS) is 18.7. The highest BCUT2D eigenvalue weighted by atomic mass is 35.5. The summed E-state index contributed by atoms with van der Waals surface area (Å²) in [7, 11) is 0. The van der Waals surface area contributed by atoms with Gasteiger partial charge in [0.25, 0.3) is 11.7 Å². The summed E-state index contributed by atoms with van der Waals surface area (Å²) >= 11 is 6.05. The summed E-state index contributed by atoms with van der Waals surface area (Å²) in [4.78, 5) is 27.2. The van der Waals surface area contributed by atoms with Crippen molar-refractivity contribution in [2.24, 2.45) is 0 Å². The van der Waals surface area contributed by atoms with Crippen molar-refractivity contribution in [3.63, 3.8) is 0 Å². The van der Waals surface area contributed by atoms with Crippen LogP contribution >= 0.6 is 11.6 Å². The van der Waals surface area contributed by atoms with Crippen LogP contribution in [0.2, 0.25) is 5.02 Å². The highest BCUT2D eigenvalue weighted by molar-refractivity contribution is 6.46. The molecule has 1 N–H and O–H groups in total. The molecule has 1 aliphatic heterocycles. The lowest BCUT2D eigenvalue weighted by atomic mass is 9.92. The zero-order valence-corrected chi connectivity index (χ0v) is 17.4. The molecule has 1 saturated heterocycles. The minimum absolute atomic E-state index is 0.00944. The molecule has 2 aromatic carbocycles. The Morgan fingerprint density at radius 1 is 1.17 bits per heavy atom. The van der Waals surface area contributed by atoms with Crippen LogP contribution in [0.15, 0.2) is 54.1 Å². The molecule has 1 atom stereocenters. The lowest BCUT2D eigenvalue weighted by Gasteiger charge is -2.26. The fourth-order valence-corrected chi connectivity index (χ4v) is 3.70. The van der Waals surface area contributed by atoms with Crippen molar-refractivity contribution in [3.8, 4) is 0 Å². The molecule has 3 rings (SSSR count). The molecule has 0 aliphatic carbocycles. The number of ether oxygens (including phenoxy) is 1. The second kappa shape index (κ2) is 8.80. The molecule has 5 nitrogen and oxygen atoms in total. The summed E-state index contributed by atoms with van der Waals surface area (Å²) in [5, 5.41) is 11.4. The zero-order valence-electron chi connectivity index (χ0n) is 16.7. The predicted molar refractivity (Wildman–Crippen MR) is 113 cm³/mol. The van der Waals surface area contributed by atoms with Gasteiger partial charge in [0.1, 0.15) is 5.76 Å². The minimum atomic E-state index is -0.708. The molecule has 1 fully saturated rings. The molecule has 2 aromatic rings. The second-order valence-corrected chi connectivity index (χ2v) is 7.72. The van der Waals surface area contributed by atoms with Crippen molar-refractivity contribution in [2.75, 3.05) is 13.2 Å². The van der Waals surface area contributed by atoms with E-state index in [0.29, 0.717) is 17.2 Å². The highest BCUT2D eigenvalue weighted by Crippen LogP contribution is 2.40. The van der Waals surface area contributed by atoms with Gasteiger partial charge in [-0.2, -0.15) is 0 Å². The van der Waals surface area contributed by atoms with Gasteiger partial charge >= 0.3 is 0 Å². The van der Waals surface area contributed by atoms with E-state index in [0.717, 1.165) is 11.1 Å². The average Bonchev–Trinajstić information content (AvgIpc) is 2.92. The van der Waals surface area contributed by atoms with E-state index in [1.54, 1.807) is 24.3 Å². The Morgan fingerprint density at radius 2 is 1.90 bits per heavy atom. The van der Waals surface area contributed by atoms with E-state index in [2.05, 4.69) is 0 Å². The summed E-state index contributed by atoms with van der Waals surface area (Å²) in [5.74, 6) is -1.58. The Labute approximate surface area is 175 Å². The largest absolute Gasteiger partial charge is 0.507 e. The first kappa shape index (κ1) is 21.1. The molecule has 1 aliphatic rings. The lowest BCUT2D eigenvalue weighted by molar-refractivity contribution is -0.140. The van der Waals surface area contributed by atoms with Crippen molar-refractivity contribution in [3.05, 3.63) is 75.8 Å². The van der Waals surface area contributed by atoms with Gasteiger partial charge in [-0.15, -0.1) is 0 Å². The van der Waals surface area contributed by atoms with E-state index < -0.39 is 17.7 Å². The fraction of sp³-hybridized carbons (Fsp3) is 0.304. The molecule has 1 heterocycles. The standard InChI is InChI=1S/C23H24ClNO4/c1-14(2)29-12-11-25-20(18-10-5-4-7-15(18)3)19(22(27)23(25)28)21(26)16-8-6-9-17(24)13-16/h4-10,13-14,20,26H,11-12H2,1-3H3/b21-19+. The van der Waals surface area contributed by atoms with Crippen molar-refractivity contribution in [1.29, 1.82) is 0 Å². The Kier molecular flexibility index (Phi) is 6.40. The molecular weight excluding hydrogens is 390 g/mol. The summed E-state index contributed by atoms with van der Waals surface area (Å²) < 4.78 is 5.60. The number of likely N-dealkylation sites (tertiary alicyclic amines) is 1. The summed E-state index contributed by atoms with van der Waals surface area (Å²) in [6.07, 6.45) is 0.00944. The number of benzene rings is 2. The highest BCUT2D eigenvalue weighted by Gasteiger charge is 2.46. The number of amides is 1. The van der Waals surface area contributed by atoms with Crippen LogP contribution in [0.4, 0.5) is 0 Å². The van der Waals surface area contributed by atoms with Gasteiger partial charge in [-0.05, 0) is 44.0 Å². The van der Waals surface area contributed by atoms with Gasteiger partial charge < -0.3 is 14.7 Å². The Bertz CT molecular complexity index is 967. The first-order chi connectivity index (χ1) is 13.8. The van der Waals surface area contributed by atoms with E-state index in [4.69, 9.17) is 16.3 Å². The number of carbonyl (C=O) groups excluding carboxylic acids is 2. The monoisotopic (exact) mass is 413 g/mol. The molecule has 0 spiro atoms. The number of ketones is 1. The molecule has 29 heavy (non-hydrogen) atoms. The van der Waals surface area contributed by atoms with Crippen molar-refractivity contribution in [1.82, 2.24) is 4.90 Å². The summed E-state index contributed by atoms with van der Waals surface area (Å²) in [6, 6.07) is 13.4. The number of hydrogen-bond donors (Lipinski definition) is 1. The van der Waals surface area contributed by atoms with Crippen LogP contribution in [0.3, 0.4) is 0 Å². The third-order valence-corrected chi connectivity index (χ3v) is 5.14. The molecule has 0 aromatic heterocycles. The van der Waals surface area contributed by atoms with Crippen molar-refractivity contribution in [2.45, 2.75) is 32.9 Å². The smallest absolute Gasteiger partial charge is 0.295 e. The third-order valence-electron chi connectivity index (χ3n) is 4.90. The Hall–Kier alpha value is -2.63. The maximum atomic E-state index is 12.9. The third kappa shape index (κ3) is 4.36. The fourth-order valence-electron chi connectivity index (χ4n) is 3.51. The van der Waals surface area contributed by atoms with Gasteiger partial charge in [-0.1, -0.05) is 48.0 Å².